The molecule has 0 fully saturated rings. The third-order valence-corrected chi connectivity index (χ3v) is 3.08. The van der Waals surface area contributed by atoms with Gasteiger partial charge in [-0.15, -0.1) is 0 Å². The van der Waals surface area contributed by atoms with Crippen LogP contribution in [0.1, 0.15) is 22.7 Å². The molecule has 6 nitrogen and oxygen atoms in total. The molecule has 0 bridgehead atoms. The maximum atomic E-state index is 10.4. The van der Waals surface area contributed by atoms with Crippen molar-refractivity contribution in [3.8, 4) is 28.7 Å². The van der Waals surface area contributed by atoms with E-state index >= 15 is 0 Å². The molecule has 0 saturated carbocycles. The van der Waals surface area contributed by atoms with Crippen molar-refractivity contribution in [1.29, 1.82) is 0 Å². The summed E-state index contributed by atoms with van der Waals surface area (Å²) in [5.41, 5.74) is -0.502. The largest absolute Gasteiger partial charge is 0.508 e. The minimum absolute atomic E-state index is 0.102. The van der Waals surface area contributed by atoms with E-state index < -0.39 is 65.0 Å². The molecule has 2 atom stereocenters. The standard InChI is InChI=1S/C15H14O6/c16-8-4-11(18)9-6-13(20)15(21-14(9)5-8)7-1-2-10(17)12(19)3-7/h1-5,13,15-20H,6H2/t13-,15+/m0/s1/i4D,5D,6D2. The fourth-order valence-corrected chi connectivity index (χ4v) is 2.09. The van der Waals surface area contributed by atoms with Gasteiger partial charge in [0.15, 0.2) is 11.5 Å². The Morgan fingerprint density at radius 3 is 2.57 bits per heavy atom. The van der Waals surface area contributed by atoms with E-state index in [1.54, 1.807) is 0 Å². The number of hydrogen-bond donors (Lipinski definition) is 5. The number of phenols is 4. The molecule has 0 radical (unpaired) electrons. The summed E-state index contributed by atoms with van der Waals surface area (Å²) in [6.45, 7) is 0. The first-order valence-electron chi connectivity index (χ1n) is 7.99. The maximum Gasteiger partial charge on any atom is 0.157 e. The van der Waals surface area contributed by atoms with Crippen LogP contribution in [0.5, 0.6) is 28.7 Å². The van der Waals surface area contributed by atoms with E-state index in [2.05, 4.69) is 0 Å². The van der Waals surface area contributed by atoms with E-state index in [0.717, 1.165) is 12.1 Å². The second kappa shape index (κ2) is 4.75. The Kier molecular flexibility index (Phi) is 2.11. The van der Waals surface area contributed by atoms with Crippen LogP contribution >= 0.6 is 0 Å². The van der Waals surface area contributed by atoms with E-state index in [-0.39, 0.29) is 5.56 Å². The lowest BCUT2D eigenvalue weighted by Crippen LogP contribution is -2.30. The molecule has 110 valence electrons. The van der Waals surface area contributed by atoms with Crippen LogP contribution in [0.3, 0.4) is 0 Å². The number of aromatic hydroxyl groups is 4. The number of aliphatic hydroxyl groups excluding tert-OH is 1. The van der Waals surface area contributed by atoms with Crippen LogP contribution in [0.2, 0.25) is 0 Å². The summed E-state index contributed by atoms with van der Waals surface area (Å²) in [7, 11) is 0. The maximum absolute atomic E-state index is 10.4. The quantitative estimate of drug-likeness (QED) is 0.510. The van der Waals surface area contributed by atoms with Crippen LogP contribution in [0.25, 0.3) is 0 Å². The molecular weight excluding hydrogens is 276 g/mol. The van der Waals surface area contributed by atoms with Gasteiger partial charge in [-0.2, -0.15) is 0 Å². The van der Waals surface area contributed by atoms with Crippen molar-refractivity contribution in [3.63, 3.8) is 0 Å². The summed E-state index contributed by atoms with van der Waals surface area (Å²) in [6.07, 6.45) is -5.87. The number of hydrogen-bond acceptors (Lipinski definition) is 6. The van der Waals surface area contributed by atoms with Crippen LogP contribution in [0, 0.1) is 0 Å². The monoisotopic (exact) mass is 294 g/mol. The Balaban J connectivity index is 2.22. The van der Waals surface area contributed by atoms with Gasteiger partial charge in [-0.25, -0.2) is 0 Å². The first kappa shape index (κ1) is 9.36. The van der Waals surface area contributed by atoms with Crippen LogP contribution in [-0.2, 0) is 6.37 Å². The molecule has 0 aliphatic carbocycles. The second-order valence-electron chi connectivity index (χ2n) is 4.53. The summed E-state index contributed by atoms with van der Waals surface area (Å²) >= 11 is 0. The average Bonchev–Trinajstić information content (AvgIpc) is 2.56. The molecule has 0 unspecified atom stereocenters. The van der Waals surface area contributed by atoms with Crippen LogP contribution < -0.4 is 4.74 Å². The lowest BCUT2D eigenvalue weighted by molar-refractivity contribution is 0.0197. The zero-order valence-corrected chi connectivity index (χ0v) is 10.5. The first-order chi connectivity index (χ1) is 11.6. The van der Waals surface area contributed by atoms with Gasteiger partial charge in [0.25, 0.3) is 0 Å². The third kappa shape index (κ3) is 2.30. The van der Waals surface area contributed by atoms with Gasteiger partial charge in [0.1, 0.15) is 23.4 Å². The number of ether oxygens (including phenoxy) is 1. The van der Waals surface area contributed by atoms with Crippen LogP contribution in [-0.4, -0.2) is 31.6 Å². The Bertz CT molecular complexity index is 870. The Labute approximate surface area is 125 Å². The summed E-state index contributed by atoms with van der Waals surface area (Å²) in [5, 5.41) is 49.1. The molecule has 1 heterocycles. The Morgan fingerprint density at radius 1 is 1.10 bits per heavy atom. The van der Waals surface area contributed by atoms with Gasteiger partial charge in [0.05, 0.1) is 8.85 Å². The Hall–Kier alpha value is -2.60. The highest BCUT2D eigenvalue weighted by Gasteiger charge is 2.32. The van der Waals surface area contributed by atoms with Crippen LogP contribution in [0.15, 0.2) is 30.3 Å². The number of rotatable bonds is 1. The minimum atomic E-state index is -2.62. The first-order valence-corrected chi connectivity index (χ1v) is 5.99. The highest BCUT2D eigenvalue weighted by molar-refractivity contribution is 5.52. The van der Waals surface area contributed by atoms with Crippen molar-refractivity contribution < 1.29 is 35.8 Å². The molecule has 6 heteroatoms. The van der Waals surface area contributed by atoms with Gasteiger partial charge in [-0.05, 0) is 17.7 Å². The van der Waals surface area contributed by atoms with Gasteiger partial charge in [0, 0.05) is 26.8 Å². The number of benzene rings is 2. The zero-order valence-electron chi connectivity index (χ0n) is 14.5. The fourth-order valence-electron chi connectivity index (χ4n) is 2.09. The highest BCUT2D eigenvalue weighted by atomic mass is 16.5. The van der Waals surface area contributed by atoms with Gasteiger partial charge in [-0.3, -0.25) is 0 Å². The molecule has 2 aromatic rings. The normalized spacial score (nSPS) is 25.8. The molecule has 3 rings (SSSR count). The lowest BCUT2D eigenvalue weighted by atomic mass is 9.94. The molecule has 0 amide bonds. The number of phenolic OH excluding ortho intramolecular Hbond substituents is 4. The molecular formula is C15H14O6. The van der Waals surface area contributed by atoms with Crippen molar-refractivity contribution in [2.45, 2.75) is 18.6 Å². The molecule has 2 aromatic carbocycles. The molecule has 0 spiro atoms. The predicted octanol–water partition coefficient (Wildman–Crippen LogP) is 1.55. The summed E-state index contributed by atoms with van der Waals surface area (Å²) in [6, 6.07) is 1.92. The van der Waals surface area contributed by atoms with Crippen molar-refractivity contribution in [2.75, 3.05) is 0 Å². The smallest absolute Gasteiger partial charge is 0.157 e. The van der Waals surface area contributed by atoms with E-state index in [1.165, 1.54) is 6.07 Å². The SMILES string of the molecule is [2H]c1c(O)c([2H])c2c(c1O)C([2H])([2H])[C@H](O)[C@@H](c1ccc(O)c(O)c1)O2. The van der Waals surface area contributed by atoms with Crippen molar-refractivity contribution in [1.82, 2.24) is 0 Å². The molecule has 1 aliphatic heterocycles. The van der Waals surface area contributed by atoms with Gasteiger partial charge >= 0.3 is 0 Å². The topological polar surface area (TPSA) is 110 Å². The molecule has 5 N–H and O–H groups in total. The van der Waals surface area contributed by atoms with E-state index in [1.807, 2.05) is 0 Å². The summed E-state index contributed by atoms with van der Waals surface area (Å²) < 4.78 is 37.0. The third-order valence-electron chi connectivity index (χ3n) is 3.08. The summed E-state index contributed by atoms with van der Waals surface area (Å²) in [4.78, 5) is 0. The molecule has 0 aromatic heterocycles. The van der Waals surface area contributed by atoms with E-state index in [4.69, 9.17) is 10.2 Å². The van der Waals surface area contributed by atoms with Gasteiger partial charge in [0.2, 0.25) is 0 Å². The van der Waals surface area contributed by atoms with Gasteiger partial charge in [-0.1, -0.05) is 6.07 Å². The average molecular weight is 294 g/mol. The predicted molar refractivity (Wildman–Crippen MR) is 72.6 cm³/mol. The van der Waals surface area contributed by atoms with Crippen molar-refractivity contribution in [2.24, 2.45) is 0 Å². The van der Waals surface area contributed by atoms with Gasteiger partial charge < -0.3 is 30.3 Å². The van der Waals surface area contributed by atoms with E-state index in [9.17, 15) is 25.5 Å². The van der Waals surface area contributed by atoms with Crippen molar-refractivity contribution >= 4 is 0 Å². The fraction of sp³-hybridized carbons (Fsp3) is 0.200. The highest BCUT2D eigenvalue weighted by Crippen LogP contribution is 2.42. The molecule has 21 heavy (non-hydrogen) atoms. The second-order valence-corrected chi connectivity index (χ2v) is 4.53. The molecule has 1 aliphatic rings. The summed E-state index contributed by atoms with van der Waals surface area (Å²) in [5.74, 6) is -3.28. The lowest BCUT2D eigenvalue weighted by Gasteiger charge is -2.31. The number of fused-ring (bicyclic) bond motifs is 1. The van der Waals surface area contributed by atoms with Crippen molar-refractivity contribution in [3.05, 3.63) is 41.4 Å². The molecule has 0 saturated heterocycles. The van der Waals surface area contributed by atoms with E-state index in [0.29, 0.717) is 0 Å². The number of aliphatic hydroxyl groups is 1. The zero-order chi connectivity index (χ0) is 18.7. The Morgan fingerprint density at radius 2 is 1.86 bits per heavy atom. The van der Waals surface area contributed by atoms with Crippen LogP contribution in [0.4, 0.5) is 0 Å². The minimum Gasteiger partial charge on any atom is -0.508 e.